The van der Waals surface area contributed by atoms with Crippen molar-refractivity contribution in [3.8, 4) is 0 Å². The number of nitrogens with zero attached hydrogens (tertiary/aromatic N) is 1. The fourth-order valence-corrected chi connectivity index (χ4v) is 2.03. The fourth-order valence-electron chi connectivity index (χ4n) is 2.03. The summed E-state index contributed by atoms with van der Waals surface area (Å²) in [4.78, 5) is 16.0. The third-order valence-electron chi connectivity index (χ3n) is 3.07. The van der Waals surface area contributed by atoms with Crippen molar-refractivity contribution < 1.29 is 9.53 Å². The second-order valence-electron chi connectivity index (χ2n) is 4.32. The molecule has 0 aliphatic heterocycles. The van der Waals surface area contributed by atoms with Crippen molar-refractivity contribution in [2.45, 2.75) is 44.6 Å². The highest BCUT2D eigenvalue weighted by Crippen LogP contribution is 2.23. The lowest BCUT2D eigenvalue weighted by Gasteiger charge is -2.15. The molecule has 3 heteroatoms. The lowest BCUT2D eigenvalue weighted by Crippen LogP contribution is -2.20. The molecule has 0 spiro atoms. The maximum atomic E-state index is 11.8. The van der Waals surface area contributed by atoms with Gasteiger partial charge in [0.25, 0.3) is 0 Å². The van der Waals surface area contributed by atoms with E-state index in [1.165, 1.54) is 12.8 Å². The van der Waals surface area contributed by atoms with E-state index < -0.39 is 0 Å². The third-order valence-corrected chi connectivity index (χ3v) is 3.07. The molecular weight excluding hydrogens is 202 g/mol. The van der Waals surface area contributed by atoms with Crippen molar-refractivity contribution in [3.05, 3.63) is 30.1 Å². The summed E-state index contributed by atoms with van der Waals surface area (Å²) in [5.74, 6) is -0.410. The first-order valence-electron chi connectivity index (χ1n) is 5.89. The molecule has 1 atom stereocenters. The maximum Gasteiger partial charge on any atom is 0.315 e. The molecule has 1 aromatic rings. The average Bonchev–Trinajstić information content (AvgIpc) is 2.82. The molecular formula is C13H17NO2. The molecule has 1 heterocycles. The Kier molecular flexibility index (Phi) is 3.54. The smallest absolute Gasteiger partial charge is 0.315 e. The third kappa shape index (κ3) is 2.60. The van der Waals surface area contributed by atoms with E-state index in [2.05, 4.69) is 4.98 Å². The van der Waals surface area contributed by atoms with Gasteiger partial charge in [0, 0.05) is 6.20 Å². The Balaban J connectivity index is 1.94. The van der Waals surface area contributed by atoms with Crippen molar-refractivity contribution in [3.63, 3.8) is 0 Å². The van der Waals surface area contributed by atoms with Gasteiger partial charge in [0.2, 0.25) is 0 Å². The highest BCUT2D eigenvalue weighted by Gasteiger charge is 2.24. The molecule has 16 heavy (non-hydrogen) atoms. The summed E-state index contributed by atoms with van der Waals surface area (Å²) in [5, 5.41) is 0. The molecule has 1 aliphatic carbocycles. The molecule has 2 rings (SSSR count). The summed E-state index contributed by atoms with van der Waals surface area (Å²) in [6, 6.07) is 5.60. The Morgan fingerprint density at radius 1 is 1.44 bits per heavy atom. The van der Waals surface area contributed by atoms with Crippen LogP contribution in [-0.4, -0.2) is 17.1 Å². The van der Waals surface area contributed by atoms with Gasteiger partial charge in [0.1, 0.15) is 6.10 Å². The number of ether oxygens (including phenoxy) is 1. The summed E-state index contributed by atoms with van der Waals surface area (Å²) in [7, 11) is 0. The summed E-state index contributed by atoms with van der Waals surface area (Å²) in [6.07, 6.45) is 6.22. The van der Waals surface area contributed by atoms with Crippen LogP contribution in [0.25, 0.3) is 0 Å². The van der Waals surface area contributed by atoms with E-state index in [1.807, 2.05) is 25.1 Å². The van der Waals surface area contributed by atoms with Gasteiger partial charge >= 0.3 is 5.97 Å². The van der Waals surface area contributed by atoms with E-state index in [1.54, 1.807) is 6.20 Å². The minimum atomic E-state index is -0.262. The average molecular weight is 219 g/mol. The lowest BCUT2D eigenvalue weighted by atomic mass is 10.1. The Hall–Kier alpha value is -1.38. The highest BCUT2D eigenvalue weighted by molar-refractivity contribution is 5.77. The van der Waals surface area contributed by atoms with Crippen LogP contribution in [0.1, 0.15) is 44.2 Å². The van der Waals surface area contributed by atoms with E-state index in [9.17, 15) is 4.79 Å². The van der Waals surface area contributed by atoms with Crippen LogP contribution in [0.2, 0.25) is 0 Å². The standard InChI is InChI=1S/C13H17NO2/c1-10(12-8-4-5-9-14-12)13(15)16-11-6-2-3-7-11/h4-5,8-11H,2-3,6-7H2,1H3. The first-order valence-corrected chi connectivity index (χ1v) is 5.89. The van der Waals surface area contributed by atoms with Crippen molar-refractivity contribution in [1.29, 1.82) is 0 Å². The number of hydrogen-bond acceptors (Lipinski definition) is 3. The normalized spacial score (nSPS) is 18.3. The zero-order valence-corrected chi connectivity index (χ0v) is 9.56. The molecule has 1 fully saturated rings. The summed E-state index contributed by atoms with van der Waals surface area (Å²) < 4.78 is 5.45. The van der Waals surface area contributed by atoms with Gasteiger partial charge in [-0.05, 0) is 44.7 Å². The highest BCUT2D eigenvalue weighted by atomic mass is 16.5. The van der Waals surface area contributed by atoms with Gasteiger partial charge in [0.15, 0.2) is 0 Å². The van der Waals surface area contributed by atoms with Crippen LogP contribution < -0.4 is 0 Å². The molecule has 0 saturated heterocycles. The van der Waals surface area contributed by atoms with Crippen LogP contribution in [0, 0.1) is 0 Å². The monoisotopic (exact) mass is 219 g/mol. The SMILES string of the molecule is CC(C(=O)OC1CCCC1)c1ccccn1. The van der Waals surface area contributed by atoms with Gasteiger partial charge in [-0.1, -0.05) is 6.07 Å². The number of esters is 1. The number of aromatic nitrogens is 1. The van der Waals surface area contributed by atoms with Crippen LogP contribution in [0.5, 0.6) is 0 Å². The number of hydrogen-bond donors (Lipinski definition) is 0. The molecule has 0 amide bonds. The fraction of sp³-hybridized carbons (Fsp3) is 0.538. The van der Waals surface area contributed by atoms with Crippen molar-refractivity contribution >= 4 is 5.97 Å². The summed E-state index contributed by atoms with van der Waals surface area (Å²) in [5.41, 5.74) is 0.783. The van der Waals surface area contributed by atoms with Crippen molar-refractivity contribution in [1.82, 2.24) is 4.98 Å². The van der Waals surface area contributed by atoms with Gasteiger partial charge in [0.05, 0.1) is 11.6 Å². The predicted octanol–water partition coefficient (Wildman–Crippen LogP) is 2.67. The first-order chi connectivity index (χ1) is 7.77. The zero-order chi connectivity index (χ0) is 11.4. The topological polar surface area (TPSA) is 39.2 Å². The van der Waals surface area contributed by atoms with Gasteiger partial charge in [-0.3, -0.25) is 9.78 Å². The second-order valence-corrected chi connectivity index (χ2v) is 4.32. The van der Waals surface area contributed by atoms with E-state index >= 15 is 0 Å². The van der Waals surface area contributed by atoms with Gasteiger partial charge in [-0.15, -0.1) is 0 Å². The Bertz CT molecular complexity index is 344. The molecule has 86 valence electrons. The van der Waals surface area contributed by atoms with Crippen molar-refractivity contribution in [2.24, 2.45) is 0 Å². The Labute approximate surface area is 95.8 Å². The van der Waals surface area contributed by atoms with E-state index in [-0.39, 0.29) is 18.0 Å². The van der Waals surface area contributed by atoms with Gasteiger partial charge in [-0.25, -0.2) is 0 Å². The minimum Gasteiger partial charge on any atom is -0.462 e. The molecule has 0 radical (unpaired) electrons. The first kappa shape index (κ1) is 11.1. The Morgan fingerprint density at radius 3 is 2.81 bits per heavy atom. The molecule has 1 aliphatic rings. The minimum absolute atomic E-state index is 0.138. The number of carbonyl (C=O) groups is 1. The van der Waals surface area contributed by atoms with Gasteiger partial charge < -0.3 is 4.74 Å². The van der Waals surface area contributed by atoms with Crippen LogP contribution in [-0.2, 0) is 9.53 Å². The molecule has 1 unspecified atom stereocenters. The summed E-state index contributed by atoms with van der Waals surface area (Å²) in [6.45, 7) is 1.85. The molecule has 1 aromatic heterocycles. The number of pyridine rings is 1. The van der Waals surface area contributed by atoms with Crippen LogP contribution in [0.15, 0.2) is 24.4 Å². The second kappa shape index (κ2) is 5.10. The predicted molar refractivity (Wildman–Crippen MR) is 61.0 cm³/mol. The van der Waals surface area contributed by atoms with Crippen molar-refractivity contribution in [2.75, 3.05) is 0 Å². The largest absolute Gasteiger partial charge is 0.462 e. The number of rotatable bonds is 3. The lowest BCUT2D eigenvalue weighted by molar-refractivity contribution is -0.150. The quantitative estimate of drug-likeness (QED) is 0.734. The molecule has 0 bridgehead atoms. The van der Waals surface area contributed by atoms with Crippen LogP contribution >= 0.6 is 0 Å². The van der Waals surface area contributed by atoms with Crippen LogP contribution in [0.3, 0.4) is 0 Å². The molecule has 3 nitrogen and oxygen atoms in total. The zero-order valence-electron chi connectivity index (χ0n) is 9.56. The Morgan fingerprint density at radius 2 is 2.19 bits per heavy atom. The van der Waals surface area contributed by atoms with Crippen LogP contribution in [0.4, 0.5) is 0 Å². The van der Waals surface area contributed by atoms with E-state index in [0.717, 1.165) is 18.5 Å². The maximum absolute atomic E-state index is 11.8. The van der Waals surface area contributed by atoms with Gasteiger partial charge in [-0.2, -0.15) is 0 Å². The summed E-state index contributed by atoms with van der Waals surface area (Å²) >= 11 is 0. The molecule has 0 aromatic carbocycles. The van der Waals surface area contributed by atoms with E-state index in [0.29, 0.717) is 0 Å². The number of carbonyl (C=O) groups excluding carboxylic acids is 1. The molecule has 1 saturated carbocycles. The molecule has 0 N–H and O–H groups in total. The van der Waals surface area contributed by atoms with E-state index in [4.69, 9.17) is 4.74 Å².